The summed E-state index contributed by atoms with van der Waals surface area (Å²) in [5.41, 5.74) is 6.65. The Morgan fingerprint density at radius 3 is 2.61 bits per heavy atom. The number of amides is 1. The maximum absolute atomic E-state index is 12.3. The van der Waals surface area contributed by atoms with Crippen molar-refractivity contribution in [3.63, 3.8) is 0 Å². The van der Waals surface area contributed by atoms with Crippen LogP contribution in [-0.4, -0.2) is 29.1 Å². The van der Waals surface area contributed by atoms with Gasteiger partial charge in [0.15, 0.2) is 0 Å². The van der Waals surface area contributed by atoms with Crippen molar-refractivity contribution in [2.45, 2.75) is 36.3 Å². The van der Waals surface area contributed by atoms with E-state index in [9.17, 15) is 4.79 Å². The van der Waals surface area contributed by atoms with Gasteiger partial charge in [0.1, 0.15) is 0 Å². The second-order valence-electron chi connectivity index (χ2n) is 4.68. The summed E-state index contributed by atoms with van der Waals surface area (Å²) in [5.74, 6) is 0.239. The van der Waals surface area contributed by atoms with E-state index in [4.69, 9.17) is 5.73 Å². The number of piperidine rings is 1. The van der Waals surface area contributed by atoms with Crippen molar-refractivity contribution < 1.29 is 4.79 Å². The van der Waals surface area contributed by atoms with Gasteiger partial charge in [0.2, 0.25) is 5.91 Å². The predicted octanol–water partition coefficient (Wildman–Crippen LogP) is 2.76. The van der Waals surface area contributed by atoms with E-state index in [2.05, 4.69) is 0 Å². The molecule has 1 amide bonds. The molecule has 1 unspecified atom stereocenters. The molecule has 3 nitrogen and oxygen atoms in total. The molecule has 1 aromatic rings. The van der Waals surface area contributed by atoms with Crippen LogP contribution in [0.25, 0.3) is 0 Å². The van der Waals surface area contributed by atoms with E-state index in [-0.39, 0.29) is 11.2 Å². The van der Waals surface area contributed by atoms with E-state index in [1.54, 1.807) is 11.8 Å². The molecule has 1 atom stereocenters. The first-order valence-corrected chi connectivity index (χ1v) is 7.36. The highest BCUT2D eigenvalue weighted by Gasteiger charge is 2.23. The second kappa shape index (κ2) is 6.14. The standard InChI is InChI=1S/C14H20N2OS/c1-11(14(17)16-9-5-2-6-10-16)18-13-8-4-3-7-12(13)15/h3-4,7-8,11H,2,5-6,9-10,15H2,1H3. The molecule has 18 heavy (non-hydrogen) atoms. The number of nitrogen functional groups attached to an aromatic ring is 1. The Bertz CT molecular complexity index is 416. The molecule has 1 heterocycles. The molecule has 1 aromatic carbocycles. The van der Waals surface area contributed by atoms with Gasteiger partial charge in [0.05, 0.1) is 5.25 Å². The minimum Gasteiger partial charge on any atom is -0.398 e. The summed E-state index contributed by atoms with van der Waals surface area (Å²) in [6.45, 7) is 3.79. The molecule has 2 rings (SSSR count). The minimum atomic E-state index is -0.0622. The fraction of sp³-hybridized carbons (Fsp3) is 0.500. The highest BCUT2D eigenvalue weighted by Crippen LogP contribution is 2.29. The molecular formula is C14H20N2OS. The summed E-state index contributed by atoms with van der Waals surface area (Å²) in [5, 5.41) is -0.0622. The Morgan fingerprint density at radius 1 is 1.28 bits per heavy atom. The molecule has 0 aromatic heterocycles. The number of anilines is 1. The van der Waals surface area contributed by atoms with E-state index in [1.807, 2.05) is 36.1 Å². The van der Waals surface area contributed by atoms with Gasteiger partial charge in [0, 0.05) is 23.7 Å². The van der Waals surface area contributed by atoms with Crippen molar-refractivity contribution in [2.75, 3.05) is 18.8 Å². The largest absolute Gasteiger partial charge is 0.398 e. The minimum absolute atomic E-state index is 0.0622. The molecule has 2 N–H and O–H groups in total. The van der Waals surface area contributed by atoms with Gasteiger partial charge in [-0.05, 0) is 38.3 Å². The van der Waals surface area contributed by atoms with Gasteiger partial charge in [-0.1, -0.05) is 12.1 Å². The maximum Gasteiger partial charge on any atom is 0.235 e. The zero-order valence-corrected chi connectivity index (χ0v) is 11.6. The molecule has 0 bridgehead atoms. The Balaban J connectivity index is 1.96. The number of rotatable bonds is 3. The van der Waals surface area contributed by atoms with Crippen molar-refractivity contribution in [3.8, 4) is 0 Å². The number of carbonyl (C=O) groups is 1. The number of likely N-dealkylation sites (tertiary alicyclic amines) is 1. The van der Waals surface area contributed by atoms with E-state index in [0.717, 1.165) is 36.5 Å². The Labute approximate surface area is 113 Å². The highest BCUT2D eigenvalue weighted by atomic mass is 32.2. The smallest absolute Gasteiger partial charge is 0.235 e. The molecule has 0 saturated carbocycles. The van der Waals surface area contributed by atoms with Crippen LogP contribution in [0.1, 0.15) is 26.2 Å². The summed E-state index contributed by atoms with van der Waals surface area (Å²) in [7, 11) is 0. The number of hydrogen-bond donors (Lipinski definition) is 1. The Kier molecular flexibility index (Phi) is 4.53. The number of nitrogens with zero attached hydrogens (tertiary/aromatic N) is 1. The second-order valence-corrected chi connectivity index (χ2v) is 6.07. The van der Waals surface area contributed by atoms with Crippen LogP contribution in [0.4, 0.5) is 5.69 Å². The van der Waals surface area contributed by atoms with Crippen molar-refractivity contribution in [1.82, 2.24) is 4.90 Å². The fourth-order valence-corrected chi connectivity index (χ4v) is 3.19. The summed E-state index contributed by atoms with van der Waals surface area (Å²) in [4.78, 5) is 15.3. The third-order valence-electron chi connectivity index (χ3n) is 3.24. The van der Waals surface area contributed by atoms with E-state index in [0.29, 0.717) is 0 Å². The van der Waals surface area contributed by atoms with Crippen LogP contribution >= 0.6 is 11.8 Å². The first-order valence-electron chi connectivity index (χ1n) is 6.48. The van der Waals surface area contributed by atoms with Gasteiger partial charge in [0.25, 0.3) is 0 Å². The molecule has 98 valence electrons. The summed E-state index contributed by atoms with van der Waals surface area (Å²) in [6.07, 6.45) is 3.52. The predicted molar refractivity (Wildman–Crippen MR) is 76.6 cm³/mol. The lowest BCUT2D eigenvalue weighted by Gasteiger charge is -2.29. The van der Waals surface area contributed by atoms with E-state index in [1.165, 1.54) is 6.42 Å². The molecule has 0 radical (unpaired) electrons. The lowest BCUT2D eigenvalue weighted by Crippen LogP contribution is -2.40. The number of carbonyl (C=O) groups excluding carboxylic acids is 1. The third kappa shape index (κ3) is 3.19. The molecule has 1 fully saturated rings. The molecular weight excluding hydrogens is 244 g/mol. The summed E-state index contributed by atoms with van der Waals surface area (Å²) in [6, 6.07) is 7.72. The average Bonchev–Trinajstić information content (AvgIpc) is 2.41. The normalized spacial score (nSPS) is 17.5. The lowest BCUT2D eigenvalue weighted by atomic mass is 10.1. The lowest BCUT2D eigenvalue weighted by molar-refractivity contribution is -0.131. The number of benzene rings is 1. The van der Waals surface area contributed by atoms with Gasteiger partial charge in [-0.25, -0.2) is 0 Å². The molecule has 0 spiro atoms. The van der Waals surface area contributed by atoms with Crippen LogP contribution in [0.15, 0.2) is 29.2 Å². The van der Waals surface area contributed by atoms with Crippen LogP contribution in [0, 0.1) is 0 Å². The Hall–Kier alpha value is -1.16. The highest BCUT2D eigenvalue weighted by molar-refractivity contribution is 8.00. The molecule has 1 saturated heterocycles. The van der Waals surface area contributed by atoms with Crippen LogP contribution in [0.5, 0.6) is 0 Å². The van der Waals surface area contributed by atoms with E-state index >= 15 is 0 Å². The van der Waals surface area contributed by atoms with Gasteiger partial charge >= 0.3 is 0 Å². The maximum atomic E-state index is 12.3. The molecule has 1 aliphatic heterocycles. The summed E-state index contributed by atoms with van der Waals surface area (Å²) < 4.78 is 0. The van der Waals surface area contributed by atoms with Crippen LogP contribution in [0.2, 0.25) is 0 Å². The van der Waals surface area contributed by atoms with Crippen molar-refractivity contribution in [1.29, 1.82) is 0 Å². The number of nitrogens with two attached hydrogens (primary N) is 1. The molecule has 0 aliphatic carbocycles. The molecule has 4 heteroatoms. The topological polar surface area (TPSA) is 46.3 Å². The van der Waals surface area contributed by atoms with Crippen molar-refractivity contribution in [2.24, 2.45) is 0 Å². The van der Waals surface area contributed by atoms with Gasteiger partial charge in [-0.15, -0.1) is 11.8 Å². The van der Waals surface area contributed by atoms with Gasteiger partial charge in [-0.3, -0.25) is 4.79 Å². The molecule has 1 aliphatic rings. The van der Waals surface area contributed by atoms with Crippen LogP contribution < -0.4 is 5.73 Å². The average molecular weight is 264 g/mol. The van der Waals surface area contributed by atoms with Crippen molar-refractivity contribution >= 4 is 23.4 Å². The van der Waals surface area contributed by atoms with Crippen molar-refractivity contribution in [3.05, 3.63) is 24.3 Å². The first kappa shape index (κ1) is 13.3. The number of thioether (sulfide) groups is 1. The van der Waals surface area contributed by atoms with E-state index < -0.39 is 0 Å². The van der Waals surface area contributed by atoms with Gasteiger partial charge < -0.3 is 10.6 Å². The van der Waals surface area contributed by atoms with Crippen LogP contribution in [-0.2, 0) is 4.79 Å². The summed E-state index contributed by atoms with van der Waals surface area (Å²) >= 11 is 1.56. The third-order valence-corrected chi connectivity index (χ3v) is 4.42. The monoisotopic (exact) mass is 264 g/mol. The zero-order valence-electron chi connectivity index (χ0n) is 10.8. The first-order chi connectivity index (χ1) is 8.68. The quantitative estimate of drug-likeness (QED) is 0.674. The SMILES string of the molecule is CC(Sc1ccccc1N)C(=O)N1CCCCC1. The fourth-order valence-electron chi connectivity index (χ4n) is 2.20. The number of para-hydroxylation sites is 1. The zero-order chi connectivity index (χ0) is 13.0. The number of hydrogen-bond acceptors (Lipinski definition) is 3. The Morgan fingerprint density at radius 2 is 1.94 bits per heavy atom. The van der Waals surface area contributed by atoms with Gasteiger partial charge in [-0.2, -0.15) is 0 Å². The van der Waals surface area contributed by atoms with Crippen LogP contribution in [0.3, 0.4) is 0 Å².